The van der Waals surface area contributed by atoms with Gasteiger partial charge < -0.3 is 15.0 Å². The molecule has 5 rings (SSSR count). The Balaban J connectivity index is 1.05. The van der Waals surface area contributed by atoms with E-state index in [-0.39, 0.29) is 18.1 Å². The molecular formula is C26H26N6O3S2. The summed E-state index contributed by atoms with van der Waals surface area (Å²) >= 11 is 2.70. The minimum Gasteiger partial charge on any atom is -0.469 e. The molecule has 0 saturated carbocycles. The maximum atomic E-state index is 12.4. The van der Waals surface area contributed by atoms with Crippen LogP contribution in [0.15, 0.2) is 60.7 Å². The number of nitrogens with zero attached hydrogens (tertiary/aromatic N) is 5. The molecule has 0 unspecified atom stereocenters. The van der Waals surface area contributed by atoms with Crippen molar-refractivity contribution in [1.82, 2.24) is 20.4 Å². The summed E-state index contributed by atoms with van der Waals surface area (Å²) in [6.07, 6.45) is 1.95. The van der Waals surface area contributed by atoms with Gasteiger partial charge in [-0.05, 0) is 28.9 Å². The molecule has 2 aromatic carbocycles. The molecule has 2 aromatic heterocycles. The van der Waals surface area contributed by atoms with Crippen LogP contribution in [0, 0.1) is 5.92 Å². The first-order valence-corrected chi connectivity index (χ1v) is 13.7. The van der Waals surface area contributed by atoms with E-state index in [0.29, 0.717) is 35.7 Å². The van der Waals surface area contributed by atoms with Gasteiger partial charge in [-0.25, -0.2) is 0 Å². The van der Waals surface area contributed by atoms with Crippen molar-refractivity contribution in [2.45, 2.75) is 25.7 Å². The van der Waals surface area contributed by atoms with Crippen LogP contribution in [0.25, 0.3) is 0 Å². The Bertz CT molecular complexity index is 1330. The highest BCUT2D eigenvalue weighted by atomic mass is 32.1. The number of carbonyl (C=O) groups is 2. The van der Waals surface area contributed by atoms with E-state index in [4.69, 9.17) is 4.74 Å². The van der Waals surface area contributed by atoms with Crippen LogP contribution >= 0.6 is 22.7 Å². The molecule has 1 fully saturated rings. The number of aromatic nitrogens is 4. The summed E-state index contributed by atoms with van der Waals surface area (Å²) < 4.78 is 5.86. The highest BCUT2D eigenvalue weighted by Crippen LogP contribution is 2.29. The minimum absolute atomic E-state index is 0.134. The number of amides is 1. The molecule has 1 N–H and O–H groups in total. The molecule has 1 aliphatic heterocycles. The van der Waals surface area contributed by atoms with Crippen LogP contribution < -0.4 is 15.0 Å². The first kappa shape index (κ1) is 25.0. The van der Waals surface area contributed by atoms with E-state index in [1.54, 1.807) is 0 Å². The predicted molar refractivity (Wildman–Crippen MR) is 143 cm³/mol. The molecule has 0 spiro atoms. The number of hydrogen-bond donors (Lipinski definition) is 1. The van der Waals surface area contributed by atoms with E-state index in [1.807, 2.05) is 60.7 Å². The number of benzene rings is 2. The number of nitrogens with one attached hydrogen (secondary N) is 1. The largest absolute Gasteiger partial charge is 0.469 e. The van der Waals surface area contributed by atoms with Gasteiger partial charge in [-0.2, -0.15) is 0 Å². The first-order chi connectivity index (χ1) is 18.1. The van der Waals surface area contributed by atoms with Gasteiger partial charge in [0.2, 0.25) is 16.2 Å². The quantitative estimate of drug-likeness (QED) is 0.309. The van der Waals surface area contributed by atoms with Gasteiger partial charge in [-0.3, -0.25) is 9.59 Å². The molecule has 37 heavy (non-hydrogen) atoms. The van der Waals surface area contributed by atoms with E-state index in [0.717, 1.165) is 40.8 Å². The Morgan fingerprint density at radius 1 is 0.892 bits per heavy atom. The summed E-state index contributed by atoms with van der Waals surface area (Å²) in [5, 5.41) is 21.8. The van der Waals surface area contributed by atoms with Crippen molar-refractivity contribution in [1.29, 1.82) is 0 Å². The zero-order valence-corrected chi connectivity index (χ0v) is 21.7. The third kappa shape index (κ3) is 7.17. The Kier molecular flexibility index (Phi) is 8.11. The van der Waals surface area contributed by atoms with E-state index in [1.165, 1.54) is 22.7 Å². The van der Waals surface area contributed by atoms with Crippen LogP contribution in [0.2, 0.25) is 0 Å². The van der Waals surface area contributed by atoms with Crippen molar-refractivity contribution >= 4 is 44.6 Å². The van der Waals surface area contributed by atoms with Crippen molar-refractivity contribution in [3.8, 4) is 5.19 Å². The molecule has 3 heterocycles. The van der Waals surface area contributed by atoms with Crippen LogP contribution in [0.5, 0.6) is 5.19 Å². The van der Waals surface area contributed by atoms with Gasteiger partial charge in [0.1, 0.15) is 10.8 Å². The lowest BCUT2D eigenvalue weighted by Gasteiger charge is -2.14. The summed E-state index contributed by atoms with van der Waals surface area (Å²) in [7, 11) is 0. The molecule has 0 aliphatic carbocycles. The molecule has 1 amide bonds. The summed E-state index contributed by atoms with van der Waals surface area (Å²) in [4.78, 5) is 26.8. The second-order valence-corrected chi connectivity index (χ2v) is 10.8. The molecule has 9 nitrogen and oxygen atoms in total. The lowest BCUT2D eigenvalue weighted by Crippen LogP contribution is -2.21. The van der Waals surface area contributed by atoms with Gasteiger partial charge in [-0.1, -0.05) is 77.1 Å². The third-order valence-corrected chi connectivity index (χ3v) is 7.64. The summed E-state index contributed by atoms with van der Waals surface area (Å²) in [6.45, 7) is 2.16. The van der Waals surface area contributed by atoms with E-state index in [2.05, 4.69) is 30.6 Å². The van der Waals surface area contributed by atoms with Crippen molar-refractivity contribution in [3.05, 3.63) is 76.8 Å². The smallest absolute Gasteiger partial charge is 0.295 e. The van der Waals surface area contributed by atoms with Gasteiger partial charge in [0.15, 0.2) is 0 Å². The zero-order valence-electron chi connectivity index (χ0n) is 20.1. The second kappa shape index (κ2) is 12.0. The fraction of sp³-hybridized carbons (Fsp3) is 0.308. The number of rotatable bonds is 11. The Labute approximate surface area is 222 Å². The molecule has 0 radical (unpaired) electrons. The normalized spacial score (nSPS) is 15.0. The Hall–Kier alpha value is -3.70. The van der Waals surface area contributed by atoms with Crippen LogP contribution in [0.4, 0.5) is 10.3 Å². The van der Waals surface area contributed by atoms with Gasteiger partial charge in [0.05, 0.1) is 19.4 Å². The fourth-order valence-electron chi connectivity index (χ4n) is 4.09. The second-order valence-electron chi connectivity index (χ2n) is 8.85. The number of Topliss-reactive ketones (excluding diaryl/α,β-unsaturated/α-hetero) is 1. The topological polar surface area (TPSA) is 110 Å². The van der Waals surface area contributed by atoms with Crippen LogP contribution in [0.1, 0.15) is 22.6 Å². The molecule has 4 aromatic rings. The Morgan fingerprint density at radius 3 is 2.38 bits per heavy atom. The number of ether oxygens (including phenoxy) is 1. The maximum Gasteiger partial charge on any atom is 0.295 e. The fourth-order valence-corrected chi connectivity index (χ4v) is 5.62. The maximum absolute atomic E-state index is 12.4. The average molecular weight is 535 g/mol. The molecule has 1 saturated heterocycles. The molecule has 11 heteroatoms. The molecular weight excluding hydrogens is 508 g/mol. The zero-order chi connectivity index (χ0) is 25.5. The lowest BCUT2D eigenvalue weighted by atomic mass is 10.1. The SMILES string of the molecule is O=C(Cc1ccccc1)Cc1nnc(N2CC[C@@H](COc3nnc(NC(=O)Cc4ccccc4)s3)C2)s1. The highest BCUT2D eigenvalue weighted by Gasteiger charge is 2.26. The van der Waals surface area contributed by atoms with Crippen LogP contribution in [-0.2, 0) is 28.9 Å². The molecule has 1 atom stereocenters. The number of carbonyl (C=O) groups excluding carboxylic acids is 2. The van der Waals surface area contributed by atoms with Crippen molar-refractivity contribution in [2.75, 3.05) is 29.9 Å². The van der Waals surface area contributed by atoms with E-state index in [9.17, 15) is 9.59 Å². The predicted octanol–water partition coefficient (Wildman–Crippen LogP) is 3.83. The van der Waals surface area contributed by atoms with Gasteiger partial charge in [0, 0.05) is 25.4 Å². The molecule has 0 bridgehead atoms. The standard InChI is InChI=1S/C26H26N6O3S2/c33-21(13-18-7-3-1-4-8-18)15-23-28-30-25(36-23)32-12-11-20(16-32)17-35-26-31-29-24(37-26)27-22(34)14-19-9-5-2-6-10-19/h1-10,20H,11-17H2,(H,27,29,34)/t20-/m1/s1. The molecule has 190 valence electrons. The van der Waals surface area contributed by atoms with Gasteiger partial charge in [0.25, 0.3) is 5.19 Å². The summed E-state index contributed by atoms with van der Waals surface area (Å²) in [5.41, 5.74) is 1.95. The number of anilines is 2. The van der Waals surface area contributed by atoms with Gasteiger partial charge in [-0.15, -0.1) is 15.3 Å². The van der Waals surface area contributed by atoms with Crippen LogP contribution in [0.3, 0.4) is 0 Å². The Morgan fingerprint density at radius 2 is 1.62 bits per heavy atom. The highest BCUT2D eigenvalue weighted by molar-refractivity contribution is 7.17. The van der Waals surface area contributed by atoms with Crippen molar-refractivity contribution in [3.63, 3.8) is 0 Å². The minimum atomic E-state index is -0.140. The van der Waals surface area contributed by atoms with E-state index < -0.39 is 0 Å². The molecule has 1 aliphatic rings. The van der Waals surface area contributed by atoms with Crippen molar-refractivity contribution < 1.29 is 14.3 Å². The van der Waals surface area contributed by atoms with E-state index >= 15 is 0 Å². The van der Waals surface area contributed by atoms with Gasteiger partial charge >= 0.3 is 0 Å². The lowest BCUT2D eigenvalue weighted by molar-refractivity contribution is -0.118. The summed E-state index contributed by atoms with van der Waals surface area (Å²) in [6, 6.07) is 19.3. The third-order valence-electron chi connectivity index (χ3n) is 5.91. The van der Waals surface area contributed by atoms with Crippen LogP contribution in [-0.4, -0.2) is 51.8 Å². The average Bonchev–Trinajstić information content (AvgIpc) is 3.65. The monoisotopic (exact) mass is 534 g/mol. The van der Waals surface area contributed by atoms with Crippen molar-refractivity contribution in [2.24, 2.45) is 5.92 Å². The number of hydrogen-bond acceptors (Lipinski definition) is 10. The number of ketones is 1. The first-order valence-electron chi connectivity index (χ1n) is 12.0. The summed E-state index contributed by atoms with van der Waals surface area (Å²) in [5.74, 6) is 0.305.